The zero-order valence-electron chi connectivity index (χ0n) is 11.1. The van der Waals surface area contributed by atoms with Crippen LogP contribution in [0.15, 0.2) is 29.0 Å². The zero-order valence-corrected chi connectivity index (χ0v) is 12.7. The maximum atomic E-state index is 11.2. The molecule has 1 aromatic heterocycles. The van der Waals surface area contributed by atoms with Crippen molar-refractivity contribution >= 4 is 21.9 Å². The van der Waals surface area contributed by atoms with E-state index in [1.54, 1.807) is 0 Å². The molecule has 1 aliphatic rings. The van der Waals surface area contributed by atoms with Gasteiger partial charge in [-0.2, -0.15) is 0 Å². The Morgan fingerprint density at radius 1 is 1.45 bits per heavy atom. The van der Waals surface area contributed by atoms with Crippen LogP contribution < -0.4 is 0 Å². The topological polar surface area (TPSA) is 55.1 Å². The summed E-state index contributed by atoms with van der Waals surface area (Å²) in [5, 5.41) is 9.17. The van der Waals surface area contributed by atoms with E-state index in [1.165, 1.54) is 5.56 Å². The monoisotopic (exact) mass is 334 g/mol. The lowest BCUT2D eigenvalue weighted by Crippen LogP contribution is -2.26. The molecule has 1 atom stereocenters. The van der Waals surface area contributed by atoms with Crippen molar-refractivity contribution in [1.29, 1.82) is 0 Å². The number of fused-ring (bicyclic) bond motifs is 1. The minimum atomic E-state index is -0.728. The number of halogens is 1. The van der Waals surface area contributed by atoms with Gasteiger partial charge >= 0.3 is 5.97 Å². The SMILES string of the molecule is Cc1ccccc1-c1nc(Br)n2c1CCC(C(=O)O)C2. The lowest BCUT2D eigenvalue weighted by molar-refractivity contribution is -0.142. The Kier molecular flexibility index (Phi) is 3.38. The minimum absolute atomic E-state index is 0.322. The van der Waals surface area contributed by atoms with Crippen LogP contribution in [0, 0.1) is 12.8 Å². The van der Waals surface area contributed by atoms with Gasteiger partial charge in [0, 0.05) is 17.8 Å². The third kappa shape index (κ3) is 2.16. The van der Waals surface area contributed by atoms with Gasteiger partial charge in [-0.15, -0.1) is 0 Å². The molecular weight excluding hydrogens is 320 g/mol. The van der Waals surface area contributed by atoms with Gasteiger partial charge in [0.2, 0.25) is 0 Å². The molecule has 20 heavy (non-hydrogen) atoms. The number of aryl methyl sites for hydroxylation is 1. The third-order valence-electron chi connectivity index (χ3n) is 3.91. The number of hydrogen-bond donors (Lipinski definition) is 1. The Morgan fingerprint density at radius 3 is 2.90 bits per heavy atom. The molecule has 0 spiro atoms. The number of nitrogens with zero attached hydrogens (tertiary/aromatic N) is 2. The molecule has 4 nitrogen and oxygen atoms in total. The lowest BCUT2D eigenvalue weighted by Gasteiger charge is -2.22. The number of rotatable bonds is 2. The third-order valence-corrected chi connectivity index (χ3v) is 4.51. The van der Waals surface area contributed by atoms with Crippen LogP contribution in [0.1, 0.15) is 17.7 Å². The molecule has 1 unspecified atom stereocenters. The van der Waals surface area contributed by atoms with Crippen LogP contribution in [-0.4, -0.2) is 20.6 Å². The summed E-state index contributed by atoms with van der Waals surface area (Å²) in [4.78, 5) is 15.8. The number of imidazole rings is 1. The smallest absolute Gasteiger partial charge is 0.308 e. The molecule has 0 aliphatic carbocycles. The lowest BCUT2D eigenvalue weighted by atomic mass is 9.95. The standard InChI is InChI=1S/C15H15BrN2O2/c1-9-4-2-3-5-11(9)13-12-7-6-10(14(19)20)8-18(12)15(16)17-13/h2-5,10H,6-8H2,1H3,(H,19,20). The van der Waals surface area contributed by atoms with E-state index in [-0.39, 0.29) is 5.92 Å². The van der Waals surface area contributed by atoms with Crippen LogP contribution in [0.4, 0.5) is 0 Å². The van der Waals surface area contributed by atoms with Gasteiger partial charge in [-0.25, -0.2) is 4.98 Å². The van der Waals surface area contributed by atoms with E-state index in [4.69, 9.17) is 0 Å². The van der Waals surface area contributed by atoms with Crippen molar-refractivity contribution in [2.45, 2.75) is 26.3 Å². The molecule has 104 valence electrons. The molecular formula is C15H15BrN2O2. The molecule has 2 heterocycles. The second-order valence-electron chi connectivity index (χ2n) is 5.18. The van der Waals surface area contributed by atoms with Gasteiger partial charge in [-0.3, -0.25) is 4.79 Å². The number of aliphatic carboxylic acids is 1. The first-order valence-electron chi connectivity index (χ1n) is 6.61. The summed E-state index contributed by atoms with van der Waals surface area (Å²) in [5.41, 5.74) is 4.40. The highest BCUT2D eigenvalue weighted by Crippen LogP contribution is 2.34. The predicted molar refractivity (Wildman–Crippen MR) is 79.5 cm³/mol. The van der Waals surface area contributed by atoms with Crippen LogP contribution in [-0.2, 0) is 17.8 Å². The van der Waals surface area contributed by atoms with E-state index < -0.39 is 5.97 Å². The minimum Gasteiger partial charge on any atom is -0.481 e. The molecule has 3 rings (SSSR count). The number of carbonyl (C=O) groups is 1. The second-order valence-corrected chi connectivity index (χ2v) is 5.88. The van der Waals surface area contributed by atoms with Crippen LogP contribution in [0.3, 0.4) is 0 Å². The molecule has 2 aromatic rings. The maximum absolute atomic E-state index is 11.2. The molecule has 1 aromatic carbocycles. The maximum Gasteiger partial charge on any atom is 0.308 e. The highest BCUT2D eigenvalue weighted by atomic mass is 79.9. The summed E-state index contributed by atoms with van der Waals surface area (Å²) in [7, 11) is 0. The van der Waals surface area contributed by atoms with Crippen molar-refractivity contribution in [3.8, 4) is 11.3 Å². The van der Waals surface area contributed by atoms with E-state index in [0.717, 1.165) is 28.1 Å². The van der Waals surface area contributed by atoms with E-state index in [0.29, 0.717) is 13.0 Å². The van der Waals surface area contributed by atoms with Crippen molar-refractivity contribution in [2.24, 2.45) is 5.92 Å². The largest absolute Gasteiger partial charge is 0.481 e. The van der Waals surface area contributed by atoms with Crippen molar-refractivity contribution in [3.63, 3.8) is 0 Å². The predicted octanol–water partition coefficient (Wildman–Crippen LogP) is 3.27. The summed E-state index contributed by atoms with van der Waals surface area (Å²) >= 11 is 3.46. The fraction of sp³-hybridized carbons (Fsp3) is 0.333. The van der Waals surface area contributed by atoms with Crippen molar-refractivity contribution < 1.29 is 9.90 Å². The summed E-state index contributed by atoms with van der Waals surface area (Å²) in [5.74, 6) is -1.05. The number of carboxylic acids is 1. The normalized spacial score (nSPS) is 17.8. The number of hydrogen-bond acceptors (Lipinski definition) is 2. The molecule has 0 saturated heterocycles. The van der Waals surface area contributed by atoms with Crippen molar-refractivity contribution in [3.05, 3.63) is 40.3 Å². The van der Waals surface area contributed by atoms with Gasteiger partial charge in [0.25, 0.3) is 0 Å². The molecule has 1 N–H and O–H groups in total. The summed E-state index contributed by atoms with van der Waals surface area (Å²) in [6.07, 6.45) is 1.42. The number of carboxylic acid groups (broad SMARTS) is 1. The number of benzene rings is 1. The zero-order chi connectivity index (χ0) is 14.3. The van der Waals surface area contributed by atoms with Crippen LogP contribution in [0.2, 0.25) is 0 Å². The highest BCUT2D eigenvalue weighted by Gasteiger charge is 2.29. The quantitative estimate of drug-likeness (QED) is 0.916. The fourth-order valence-electron chi connectivity index (χ4n) is 2.77. The molecule has 5 heteroatoms. The van der Waals surface area contributed by atoms with Gasteiger partial charge in [0.15, 0.2) is 4.73 Å². The summed E-state index contributed by atoms with van der Waals surface area (Å²) < 4.78 is 2.71. The van der Waals surface area contributed by atoms with E-state index >= 15 is 0 Å². The first kappa shape index (κ1) is 13.4. The van der Waals surface area contributed by atoms with E-state index in [2.05, 4.69) is 40.0 Å². The Morgan fingerprint density at radius 2 is 2.20 bits per heavy atom. The summed E-state index contributed by atoms with van der Waals surface area (Å²) in [6.45, 7) is 2.56. The van der Waals surface area contributed by atoms with Crippen LogP contribution >= 0.6 is 15.9 Å². The Bertz CT molecular complexity index is 679. The fourth-order valence-corrected chi connectivity index (χ4v) is 3.31. The Hall–Kier alpha value is -1.62. The molecule has 0 fully saturated rings. The van der Waals surface area contributed by atoms with Gasteiger partial charge in [0.1, 0.15) is 0 Å². The molecule has 0 bridgehead atoms. The van der Waals surface area contributed by atoms with Crippen LogP contribution in [0.5, 0.6) is 0 Å². The number of aromatic nitrogens is 2. The molecule has 0 amide bonds. The molecule has 0 radical (unpaired) electrons. The average molecular weight is 335 g/mol. The van der Waals surface area contributed by atoms with Crippen molar-refractivity contribution in [1.82, 2.24) is 9.55 Å². The molecule has 1 aliphatic heterocycles. The van der Waals surface area contributed by atoms with Gasteiger partial charge < -0.3 is 9.67 Å². The van der Waals surface area contributed by atoms with Crippen LogP contribution in [0.25, 0.3) is 11.3 Å². The van der Waals surface area contributed by atoms with E-state index in [1.807, 2.05) is 16.7 Å². The molecule has 0 saturated carbocycles. The Labute approximate surface area is 125 Å². The first-order chi connectivity index (χ1) is 9.58. The van der Waals surface area contributed by atoms with E-state index in [9.17, 15) is 9.90 Å². The first-order valence-corrected chi connectivity index (χ1v) is 7.41. The Balaban J connectivity index is 2.07. The van der Waals surface area contributed by atoms with Gasteiger partial charge in [-0.05, 0) is 41.3 Å². The van der Waals surface area contributed by atoms with Crippen molar-refractivity contribution in [2.75, 3.05) is 0 Å². The summed E-state index contributed by atoms with van der Waals surface area (Å²) in [6, 6.07) is 8.15. The second kappa shape index (κ2) is 5.05. The van der Waals surface area contributed by atoms with Gasteiger partial charge in [-0.1, -0.05) is 24.3 Å². The average Bonchev–Trinajstić information content (AvgIpc) is 2.76. The highest BCUT2D eigenvalue weighted by molar-refractivity contribution is 9.10. The van der Waals surface area contributed by atoms with Gasteiger partial charge in [0.05, 0.1) is 11.6 Å².